The summed E-state index contributed by atoms with van der Waals surface area (Å²) in [6.07, 6.45) is 35.9. The highest BCUT2D eigenvalue weighted by Crippen LogP contribution is 2.58. The minimum absolute atomic E-state index is 0.0351. The number of fused-ring (bicyclic) bond motifs is 7. The lowest BCUT2D eigenvalue weighted by atomic mass is 9.70. The molecule has 1 aromatic heterocycles. The van der Waals surface area contributed by atoms with Crippen molar-refractivity contribution in [2.45, 2.75) is 218 Å². The van der Waals surface area contributed by atoms with E-state index in [-0.39, 0.29) is 10.8 Å². The summed E-state index contributed by atoms with van der Waals surface area (Å²) >= 11 is 16.7. The van der Waals surface area contributed by atoms with Crippen LogP contribution in [0.4, 0.5) is 0 Å². The van der Waals surface area contributed by atoms with Gasteiger partial charge in [0, 0.05) is 22.0 Å². The summed E-state index contributed by atoms with van der Waals surface area (Å²) in [5.74, 6) is 0. The van der Waals surface area contributed by atoms with Gasteiger partial charge < -0.3 is 0 Å². The first-order chi connectivity index (χ1) is 33.9. The van der Waals surface area contributed by atoms with E-state index in [1.165, 1.54) is 236 Å². The van der Waals surface area contributed by atoms with Crippen LogP contribution < -0.4 is 0 Å². The van der Waals surface area contributed by atoms with Crippen molar-refractivity contribution < 1.29 is 0 Å². The molecule has 6 aromatic rings. The Hall–Kier alpha value is -3.50. The van der Waals surface area contributed by atoms with Crippen LogP contribution in [0, 0.1) is 0 Å². The number of unbranched alkanes of at least 4 members (excludes halogenated alkanes) is 20. The Labute approximate surface area is 432 Å². The molecule has 0 amide bonds. The Morgan fingerprint density at radius 1 is 0.362 bits per heavy atom. The van der Waals surface area contributed by atoms with Gasteiger partial charge in [0.15, 0.2) is 0 Å². The van der Waals surface area contributed by atoms with Crippen molar-refractivity contribution in [2.75, 3.05) is 0 Å². The molecule has 1 heterocycles. The first-order valence-electron chi connectivity index (χ1n) is 28.1. The standard InChI is InChI=1S/C64H82Cl2N2S/c1-5-9-13-17-21-29-41-63(42-30-22-18-14-10-6-2)53-35-27-25-33-49(53)51-39-37-47(45-55(51)63)57-59(65)60(66)58(62-61(57)67-69-68-62)48-38-40-52-50-34-26-28-36-54(50)64(56(52)46-48,43-31-23-19-15-11-7-3)44-32-24-20-16-12-8-4/h25-28,33-40,45-46H,5-24,29-32,41-44H2,1-4H3. The monoisotopic (exact) mass is 981 g/mol. The van der Waals surface area contributed by atoms with Gasteiger partial charge in [-0.2, -0.15) is 8.75 Å². The molecule has 0 atom stereocenters. The van der Waals surface area contributed by atoms with E-state index in [9.17, 15) is 0 Å². The topological polar surface area (TPSA) is 25.8 Å². The van der Waals surface area contributed by atoms with E-state index in [1.807, 2.05) is 0 Å². The molecule has 0 radical (unpaired) electrons. The second kappa shape index (κ2) is 25.2. The molecule has 2 aliphatic rings. The van der Waals surface area contributed by atoms with Crippen LogP contribution in [0.15, 0.2) is 84.9 Å². The smallest absolute Gasteiger partial charge is 0.114 e. The molecule has 69 heavy (non-hydrogen) atoms. The molecule has 0 saturated heterocycles. The maximum atomic E-state index is 7.71. The molecule has 5 heteroatoms. The highest BCUT2D eigenvalue weighted by Gasteiger charge is 2.44. The van der Waals surface area contributed by atoms with E-state index >= 15 is 0 Å². The fourth-order valence-electron chi connectivity index (χ4n) is 12.8. The molecule has 5 aromatic carbocycles. The Bertz CT molecular complexity index is 2380. The number of hydrogen-bond donors (Lipinski definition) is 0. The van der Waals surface area contributed by atoms with Crippen molar-refractivity contribution in [1.29, 1.82) is 0 Å². The molecular weight excluding hydrogens is 900 g/mol. The molecule has 0 bridgehead atoms. The molecule has 0 spiro atoms. The lowest BCUT2D eigenvalue weighted by Crippen LogP contribution is -2.25. The van der Waals surface area contributed by atoms with Crippen molar-refractivity contribution in [3.8, 4) is 44.5 Å². The van der Waals surface area contributed by atoms with E-state index in [4.69, 9.17) is 31.9 Å². The summed E-state index contributed by atoms with van der Waals surface area (Å²) < 4.78 is 10.2. The van der Waals surface area contributed by atoms with Crippen LogP contribution in [-0.2, 0) is 10.8 Å². The fourth-order valence-corrected chi connectivity index (χ4v) is 14.0. The second-order valence-electron chi connectivity index (χ2n) is 21.2. The summed E-state index contributed by atoms with van der Waals surface area (Å²) in [7, 11) is 0. The highest BCUT2D eigenvalue weighted by molar-refractivity contribution is 7.00. The van der Waals surface area contributed by atoms with E-state index in [0.29, 0.717) is 10.0 Å². The van der Waals surface area contributed by atoms with Gasteiger partial charge in [-0.3, -0.25) is 0 Å². The van der Waals surface area contributed by atoms with Crippen molar-refractivity contribution in [2.24, 2.45) is 0 Å². The normalized spacial score (nSPS) is 14.1. The Morgan fingerprint density at radius 3 is 1.01 bits per heavy atom. The number of nitrogens with zero attached hydrogens (tertiary/aromatic N) is 2. The zero-order valence-electron chi connectivity index (χ0n) is 42.9. The molecular formula is C64H82Cl2N2S. The third-order valence-corrected chi connectivity index (χ3v) is 17.9. The lowest BCUT2D eigenvalue weighted by Gasteiger charge is -2.33. The number of aromatic nitrogens is 2. The van der Waals surface area contributed by atoms with Crippen LogP contribution in [0.5, 0.6) is 0 Å². The Morgan fingerprint density at radius 2 is 0.667 bits per heavy atom. The number of benzene rings is 5. The molecule has 368 valence electrons. The van der Waals surface area contributed by atoms with Gasteiger partial charge in [-0.05, 0) is 93.5 Å². The summed E-state index contributed by atoms with van der Waals surface area (Å²) in [5.41, 5.74) is 17.2. The van der Waals surface area contributed by atoms with Crippen molar-refractivity contribution in [3.63, 3.8) is 0 Å². The maximum Gasteiger partial charge on any atom is 0.114 e. The van der Waals surface area contributed by atoms with Gasteiger partial charge in [0.25, 0.3) is 0 Å². The molecule has 8 rings (SSSR count). The number of hydrogen-bond acceptors (Lipinski definition) is 3. The predicted octanol–water partition coefficient (Wildman–Crippen LogP) is 21.9. The Kier molecular flexibility index (Phi) is 19.0. The minimum atomic E-state index is -0.0351. The highest BCUT2D eigenvalue weighted by atomic mass is 35.5. The predicted molar refractivity (Wildman–Crippen MR) is 303 cm³/mol. The molecule has 0 fully saturated rings. The first-order valence-corrected chi connectivity index (χ1v) is 29.5. The summed E-state index contributed by atoms with van der Waals surface area (Å²) in [6, 6.07) is 32.9. The van der Waals surface area contributed by atoms with Crippen LogP contribution in [0.3, 0.4) is 0 Å². The zero-order chi connectivity index (χ0) is 48.1. The molecule has 2 aliphatic carbocycles. The number of halogens is 2. The average molecular weight is 982 g/mol. The Balaban J connectivity index is 1.19. The van der Waals surface area contributed by atoms with Crippen molar-refractivity contribution >= 4 is 46.0 Å². The van der Waals surface area contributed by atoms with E-state index in [1.54, 1.807) is 0 Å². The first kappa shape index (κ1) is 51.8. The largest absolute Gasteiger partial charge is 0.172 e. The van der Waals surface area contributed by atoms with Gasteiger partial charge in [0.05, 0.1) is 21.8 Å². The van der Waals surface area contributed by atoms with Gasteiger partial charge in [-0.15, -0.1) is 0 Å². The zero-order valence-corrected chi connectivity index (χ0v) is 45.3. The van der Waals surface area contributed by atoms with Crippen LogP contribution in [0.2, 0.25) is 10.0 Å². The van der Waals surface area contributed by atoms with E-state index in [2.05, 4.69) is 113 Å². The van der Waals surface area contributed by atoms with E-state index < -0.39 is 0 Å². The van der Waals surface area contributed by atoms with E-state index in [0.717, 1.165) is 33.3 Å². The quantitative estimate of drug-likeness (QED) is 0.0420. The van der Waals surface area contributed by atoms with Crippen LogP contribution in [0.1, 0.15) is 230 Å². The minimum Gasteiger partial charge on any atom is -0.172 e. The van der Waals surface area contributed by atoms with Crippen molar-refractivity contribution in [3.05, 3.63) is 117 Å². The fraction of sp³-hybridized carbons (Fsp3) is 0.531. The number of rotatable bonds is 30. The molecule has 0 aliphatic heterocycles. The molecule has 2 nitrogen and oxygen atoms in total. The van der Waals surface area contributed by atoms with Crippen LogP contribution in [0.25, 0.3) is 55.5 Å². The van der Waals surface area contributed by atoms with Gasteiger partial charge in [-0.25, -0.2) is 0 Å². The van der Waals surface area contributed by atoms with Crippen LogP contribution in [-0.4, -0.2) is 8.75 Å². The SMILES string of the molecule is CCCCCCCCC1(CCCCCCCC)c2ccccc2-c2ccc(-c3c(Cl)c(Cl)c(-c4ccc5c(c4)C(CCCCCCCC)(CCCCCCCC)c4ccccc4-5)c4nsnc34)cc21. The van der Waals surface area contributed by atoms with Gasteiger partial charge in [0.2, 0.25) is 0 Å². The lowest BCUT2D eigenvalue weighted by molar-refractivity contribution is 0.398. The summed E-state index contributed by atoms with van der Waals surface area (Å²) in [5, 5.41) is 1.16. The van der Waals surface area contributed by atoms with Gasteiger partial charge >= 0.3 is 0 Å². The maximum absolute atomic E-state index is 7.71. The van der Waals surface area contributed by atoms with Crippen molar-refractivity contribution in [1.82, 2.24) is 8.75 Å². The van der Waals surface area contributed by atoms with Gasteiger partial charge in [-0.1, -0.05) is 278 Å². The average Bonchev–Trinajstić information content (AvgIpc) is 4.04. The second-order valence-corrected chi connectivity index (χ2v) is 22.5. The van der Waals surface area contributed by atoms with Gasteiger partial charge in [0.1, 0.15) is 11.0 Å². The molecule has 0 saturated carbocycles. The summed E-state index contributed by atoms with van der Waals surface area (Å²) in [6.45, 7) is 9.25. The third-order valence-electron chi connectivity index (χ3n) is 16.5. The third kappa shape index (κ3) is 11.1. The van der Waals surface area contributed by atoms with Crippen LogP contribution >= 0.6 is 34.9 Å². The molecule has 0 unspecified atom stereocenters. The molecule has 0 N–H and O–H groups in total. The summed E-state index contributed by atoms with van der Waals surface area (Å²) in [4.78, 5) is 0.